The number of likely N-dealkylation sites (N-methyl/N-ethyl adjacent to an activating group) is 1. The van der Waals surface area contributed by atoms with E-state index in [2.05, 4.69) is 86.8 Å². The molecule has 3 rings (SSSR count). The Kier molecular flexibility index (Phi) is 8.02. The SMILES string of the molecule is CCNC(=NCc1nc(-c2ccco2)n[nH]1)NCC(c1ccccc1)N(CC)CC. The van der Waals surface area contributed by atoms with E-state index in [0.717, 1.165) is 32.1 Å². The van der Waals surface area contributed by atoms with E-state index in [1.54, 1.807) is 6.26 Å². The Morgan fingerprint density at radius 3 is 2.57 bits per heavy atom. The molecule has 1 unspecified atom stereocenters. The van der Waals surface area contributed by atoms with Crippen LogP contribution < -0.4 is 10.6 Å². The first-order valence-electron chi connectivity index (χ1n) is 10.5. The smallest absolute Gasteiger partial charge is 0.216 e. The Labute approximate surface area is 177 Å². The molecule has 2 heterocycles. The Hall–Kier alpha value is -3.13. The molecule has 0 saturated carbocycles. The third-order valence-corrected chi connectivity index (χ3v) is 4.90. The predicted octanol–water partition coefficient (Wildman–Crippen LogP) is 3.20. The maximum Gasteiger partial charge on any atom is 0.216 e. The number of nitrogens with zero attached hydrogens (tertiary/aromatic N) is 4. The lowest BCUT2D eigenvalue weighted by atomic mass is 10.1. The van der Waals surface area contributed by atoms with Crippen LogP contribution in [0.4, 0.5) is 0 Å². The molecule has 1 atom stereocenters. The molecule has 3 N–H and O–H groups in total. The summed E-state index contributed by atoms with van der Waals surface area (Å²) in [6, 6.07) is 14.5. The number of benzene rings is 1. The van der Waals surface area contributed by atoms with Gasteiger partial charge in [-0.2, -0.15) is 0 Å². The number of aliphatic imine (C=N–C) groups is 1. The number of aromatic nitrogens is 3. The van der Waals surface area contributed by atoms with Gasteiger partial charge in [-0.3, -0.25) is 10.00 Å². The number of hydrogen-bond donors (Lipinski definition) is 3. The number of nitrogens with one attached hydrogen (secondary N) is 3. The summed E-state index contributed by atoms with van der Waals surface area (Å²) in [4.78, 5) is 11.6. The number of guanidine groups is 1. The molecule has 30 heavy (non-hydrogen) atoms. The van der Waals surface area contributed by atoms with Gasteiger partial charge in [-0.25, -0.2) is 9.98 Å². The lowest BCUT2D eigenvalue weighted by Gasteiger charge is -2.30. The predicted molar refractivity (Wildman–Crippen MR) is 119 cm³/mol. The van der Waals surface area contributed by atoms with Crippen molar-refractivity contribution in [2.45, 2.75) is 33.4 Å². The van der Waals surface area contributed by atoms with Crippen molar-refractivity contribution in [2.24, 2.45) is 4.99 Å². The third-order valence-electron chi connectivity index (χ3n) is 4.90. The molecule has 0 spiro atoms. The van der Waals surface area contributed by atoms with Crippen molar-refractivity contribution in [1.82, 2.24) is 30.7 Å². The summed E-state index contributed by atoms with van der Waals surface area (Å²) in [6.07, 6.45) is 1.61. The van der Waals surface area contributed by atoms with Gasteiger partial charge < -0.3 is 15.1 Å². The topological polar surface area (TPSA) is 94.4 Å². The van der Waals surface area contributed by atoms with Gasteiger partial charge in [0.2, 0.25) is 5.82 Å². The maximum absolute atomic E-state index is 5.34. The van der Waals surface area contributed by atoms with Gasteiger partial charge in [0.25, 0.3) is 0 Å². The van der Waals surface area contributed by atoms with Crippen LogP contribution in [0, 0.1) is 0 Å². The average Bonchev–Trinajstić information content (AvgIpc) is 3.47. The summed E-state index contributed by atoms with van der Waals surface area (Å²) < 4.78 is 5.34. The normalized spacial score (nSPS) is 12.9. The van der Waals surface area contributed by atoms with Crippen LogP contribution in [-0.2, 0) is 6.54 Å². The van der Waals surface area contributed by atoms with Crippen LogP contribution in [0.25, 0.3) is 11.6 Å². The van der Waals surface area contributed by atoms with E-state index in [-0.39, 0.29) is 6.04 Å². The lowest BCUT2D eigenvalue weighted by Crippen LogP contribution is -2.43. The average molecular weight is 410 g/mol. The van der Waals surface area contributed by atoms with Gasteiger partial charge >= 0.3 is 0 Å². The second kappa shape index (κ2) is 11.2. The summed E-state index contributed by atoms with van der Waals surface area (Å²) in [5.41, 5.74) is 1.29. The summed E-state index contributed by atoms with van der Waals surface area (Å²) in [5.74, 6) is 2.61. The van der Waals surface area contributed by atoms with E-state index in [0.29, 0.717) is 24.0 Å². The van der Waals surface area contributed by atoms with Gasteiger partial charge in [-0.1, -0.05) is 44.2 Å². The van der Waals surface area contributed by atoms with E-state index in [4.69, 9.17) is 4.42 Å². The molecule has 160 valence electrons. The highest BCUT2D eigenvalue weighted by Gasteiger charge is 2.18. The largest absolute Gasteiger partial charge is 0.461 e. The van der Waals surface area contributed by atoms with Crippen molar-refractivity contribution in [3.63, 3.8) is 0 Å². The van der Waals surface area contributed by atoms with Gasteiger partial charge in [0.15, 0.2) is 11.7 Å². The number of furan rings is 1. The van der Waals surface area contributed by atoms with Crippen LogP contribution in [0.15, 0.2) is 58.1 Å². The molecule has 0 saturated heterocycles. The van der Waals surface area contributed by atoms with Crippen LogP contribution in [0.1, 0.15) is 38.2 Å². The molecule has 0 fully saturated rings. The van der Waals surface area contributed by atoms with E-state index >= 15 is 0 Å². The molecule has 0 aliphatic carbocycles. The maximum atomic E-state index is 5.34. The second-order valence-electron chi connectivity index (χ2n) is 6.81. The molecule has 0 aliphatic rings. The molecule has 0 bridgehead atoms. The number of aromatic amines is 1. The summed E-state index contributed by atoms with van der Waals surface area (Å²) in [7, 11) is 0. The minimum Gasteiger partial charge on any atom is -0.461 e. The molecule has 0 amide bonds. The summed E-state index contributed by atoms with van der Waals surface area (Å²) in [5, 5.41) is 13.9. The molecule has 2 aromatic heterocycles. The highest BCUT2D eigenvalue weighted by atomic mass is 16.3. The van der Waals surface area contributed by atoms with E-state index in [1.807, 2.05) is 12.1 Å². The fourth-order valence-corrected chi connectivity index (χ4v) is 3.37. The van der Waals surface area contributed by atoms with Crippen LogP contribution in [0.5, 0.6) is 0 Å². The molecular formula is C22H31N7O. The number of hydrogen-bond acceptors (Lipinski definition) is 5. The van der Waals surface area contributed by atoms with Crippen molar-refractivity contribution in [3.05, 3.63) is 60.1 Å². The van der Waals surface area contributed by atoms with Gasteiger partial charge in [0.1, 0.15) is 12.4 Å². The zero-order chi connectivity index (χ0) is 21.2. The minimum atomic E-state index is 0.265. The van der Waals surface area contributed by atoms with Gasteiger partial charge in [0.05, 0.1) is 12.3 Å². The molecular weight excluding hydrogens is 378 g/mol. The van der Waals surface area contributed by atoms with E-state index < -0.39 is 0 Å². The molecule has 8 nitrogen and oxygen atoms in total. The second-order valence-corrected chi connectivity index (χ2v) is 6.81. The van der Waals surface area contributed by atoms with Crippen LogP contribution >= 0.6 is 0 Å². The van der Waals surface area contributed by atoms with Crippen LogP contribution in [-0.4, -0.2) is 52.2 Å². The summed E-state index contributed by atoms with van der Waals surface area (Å²) in [6.45, 7) is 10.3. The molecule has 0 radical (unpaired) electrons. The van der Waals surface area contributed by atoms with Crippen LogP contribution in [0.3, 0.4) is 0 Å². The monoisotopic (exact) mass is 409 g/mol. The Morgan fingerprint density at radius 2 is 1.90 bits per heavy atom. The quantitative estimate of drug-likeness (QED) is 0.352. The highest BCUT2D eigenvalue weighted by molar-refractivity contribution is 5.79. The van der Waals surface area contributed by atoms with Crippen molar-refractivity contribution in [1.29, 1.82) is 0 Å². The van der Waals surface area contributed by atoms with Crippen molar-refractivity contribution in [3.8, 4) is 11.6 Å². The Bertz CT molecular complexity index is 885. The minimum absolute atomic E-state index is 0.265. The van der Waals surface area contributed by atoms with Crippen LogP contribution in [0.2, 0.25) is 0 Å². The summed E-state index contributed by atoms with van der Waals surface area (Å²) >= 11 is 0. The fraction of sp³-hybridized carbons (Fsp3) is 0.409. The van der Waals surface area contributed by atoms with E-state index in [1.165, 1.54) is 5.56 Å². The highest BCUT2D eigenvalue weighted by Crippen LogP contribution is 2.19. The molecule has 0 aliphatic heterocycles. The van der Waals surface area contributed by atoms with Gasteiger partial charge in [-0.05, 0) is 37.7 Å². The standard InChI is InChI=1S/C22H31N7O/c1-4-23-22(25-16-20-26-21(28-27-20)19-13-10-14-30-19)24-15-18(29(5-2)6-3)17-11-8-7-9-12-17/h7-14,18H,4-6,15-16H2,1-3H3,(H2,23,24,25)(H,26,27,28). The zero-order valence-electron chi connectivity index (χ0n) is 17.9. The van der Waals surface area contributed by atoms with Crippen molar-refractivity contribution in [2.75, 3.05) is 26.2 Å². The number of H-pyrrole nitrogens is 1. The zero-order valence-corrected chi connectivity index (χ0v) is 17.9. The Balaban J connectivity index is 1.67. The fourth-order valence-electron chi connectivity index (χ4n) is 3.37. The van der Waals surface area contributed by atoms with Crippen molar-refractivity contribution >= 4 is 5.96 Å². The first-order valence-corrected chi connectivity index (χ1v) is 10.5. The number of rotatable bonds is 10. The first-order chi connectivity index (χ1) is 14.7. The van der Waals surface area contributed by atoms with E-state index in [9.17, 15) is 0 Å². The van der Waals surface area contributed by atoms with Crippen molar-refractivity contribution < 1.29 is 4.42 Å². The molecule has 1 aromatic carbocycles. The lowest BCUT2D eigenvalue weighted by molar-refractivity contribution is 0.219. The third kappa shape index (κ3) is 5.70. The van der Waals surface area contributed by atoms with Gasteiger partial charge in [-0.15, -0.1) is 5.10 Å². The molecule has 8 heteroatoms. The first kappa shape index (κ1) is 21.6. The molecule has 3 aromatic rings. The van der Waals surface area contributed by atoms with Gasteiger partial charge in [0, 0.05) is 13.1 Å². The Morgan fingerprint density at radius 1 is 1.10 bits per heavy atom.